The molecule has 4 heteroatoms. The van der Waals surface area contributed by atoms with Gasteiger partial charge in [-0.05, 0) is 42.7 Å². The van der Waals surface area contributed by atoms with Gasteiger partial charge in [-0.2, -0.15) is 5.26 Å². The van der Waals surface area contributed by atoms with Crippen LogP contribution in [0, 0.1) is 22.7 Å². The molecule has 0 N–H and O–H groups in total. The molecule has 2 fully saturated rings. The van der Waals surface area contributed by atoms with Crippen molar-refractivity contribution < 1.29 is 0 Å². The molecule has 1 saturated heterocycles. The van der Waals surface area contributed by atoms with Gasteiger partial charge >= 0.3 is 0 Å². The molecule has 0 spiro atoms. The van der Waals surface area contributed by atoms with Crippen LogP contribution in [0.1, 0.15) is 58.4 Å². The van der Waals surface area contributed by atoms with Gasteiger partial charge in [-0.1, -0.05) is 33.6 Å². The van der Waals surface area contributed by atoms with Gasteiger partial charge in [0.25, 0.3) is 0 Å². The summed E-state index contributed by atoms with van der Waals surface area (Å²) < 4.78 is 0. The van der Waals surface area contributed by atoms with Crippen LogP contribution in [0.25, 0.3) is 0 Å². The number of anilines is 1. The van der Waals surface area contributed by atoms with Crippen molar-refractivity contribution in [1.29, 1.82) is 5.26 Å². The number of piperazine rings is 1. The Bertz CT molecular complexity index is 591. The van der Waals surface area contributed by atoms with Gasteiger partial charge in [0, 0.05) is 38.4 Å². The minimum Gasteiger partial charge on any atom is -0.354 e. The van der Waals surface area contributed by atoms with E-state index >= 15 is 0 Å². The third-order valence-electron chi connectivity index (χ3n) is 7.04. The summed E-state index contributed by atoms with van der Waals surface area (Å²) in [6.45, 7) is 11.6. The second-order valence-electron chi connectivity index (χ2n) is 8.06. The minimum absolute atomic E-state index is 0.531. The SMILES string of the molecule is CCC(C)(CC)C1CC[C@@H](N2CCN(c3ccc(C#N)cn3)CC2)C1. The van der Waals surface area contributed by atoms with Crippen LogP contribution >= 0.6 is 0 Å². The Kier molecular flexibility index (Phi) is 5.64. The lowest BCUT2D eigenvalue weighted by Crippen LogP contribution is -2.50. The largest absolute Gasteiger partial charge is 0.354 e. The summed E-state index contributed by atoms with van der Waals surface area (Å²) in [6.07, 6.45) is 8.45. The maximum Gasteiger partial charge on any atom is 0.128 e. The molecule has 0 amide bonds. The summed E-state index contributed by atoms with van der Waals surface area (Å²) in [5.41, 5.74) is 1.16. The summed E-state index contributed by atoms with van der Waals surface area (Å²) in [5, 5.41) is 8.90. The fraction of sp³-hybridized carbons (Fsp3) is 0.714. The van der Waals surface area contributed by atoms with Gasteiger partial charge < -0.3 is 4.90 Å². The highest BCUT2D eigenvalue weighted by molar-refractivity contribution is 5.42. The first-order valence-electron chi connectivity index (χ1n) is 9.94. The molecule has 1 saturated carbocycles. The lowest BCUT2D eigenvalue weighted by Gasteiger charge is -2.39. The monoisotopic (exact) mass is 340 g/mol. The summed E-state index contributed by atoms with van der Waals surface area (Å²) in [6, 6.07) is 6.76. The van der Waals surface area contributed by atoms with Crippen molar-refractivity contribution in [2.24, 2.45) is 11.3 Å². The lowest BCUT2D eigenvalue weighted by molar-refractivity contribution is 0.142. The molecule has 1 aromatic heterocycles. The molecule has 1 unspecified atom stereocenters. The van der Waals surface area contributed by atoms with E-state index in [1.165, 1.54) is 32.1 Å². The topological polar surface area (TPSA) is 43.2 Å². The van der Waals surface area contributed by atoms with E-state index in [4.69, 9.17) is 5.26 Å². The van der Waals surface area contributed by atoms with E-state index in [0.717, 1.165) is 44.0 Å². The maximum atomic E-state index is 8.90. The second kappa shape index (κ2) is 7.74. The first-order valence-corrected chi connectivity index (χ1v) is 9.94. The van der Waals surface area contributed by atoms with Gasteiger partial charge in [0.05, 0.1) is 5.56 Å². The normalized spacial score (nSPS) is 25.1. The van der Waals surface area contributed by atoms with Crippen LogP contribution in [-0.4, -0.2) is 42.1 Å². The fourth-order valence-electron chi connectivity index (χ4n) is 4.71. The maximum absolute atomic E-state index is 8.90. The molecule has 2 atom stereocenters. The smallest absolute Gasteiger partial charge is 0.128 e. The van der Waals surface area contributed by atoms with Crippen molar-refractivity contribution >= 4 is 5.82 Å². The Labute approximate surface area is 152 Å². The van der Waals surface area contributed by atoms with Crippen molar-refractivity contribution in [3.05, 3.63) is 23.9 Å². The standard InChI is InChI=1S/C21H32N4/c1-4-21(3,5-2)18-7-8-19(14-18)24-10-12-25(13-11-24)20-9-6-17(15-22)16-23-20/h6,9,16,18-19H,4-5,7-8,10-14H2,1-3H3/t18?,19-/m1/s1. The minimum atomic E-state index is 0.531. The van der Waals surface area contributed by atoms with Gasteiger partial charge in [0.15, 0.2) is 0 Å². The molecule has 3 rings (SSSR count). The molecule has 2 aliphatic rings. The van der Waals surface area contributed by atoms with Crippen molar-refractivity contribution in [1.82, 2.24) is 9.88 Å². The second-order valence-corrected chi connectivity index (χ2v) is 8.06. The molecule has 2 heterocycles. The molecule has 1 aromatic rings. The molecule has 1 aliphatic carbocycles. The Morgan fingerprint density at radius 3 is 2.44 bits per heavy atom. The molecular formula is C21H32N4. The van der Waals surface area contributed by atoms with Gasteiger partial charge in [0.1, 0.15) is 11.9 Å². The van der Waals surface area contributed by atoms with E-state index in [-0.39, 0.29) is 0 Å². The predicted octanol–water partition coefficient (Wildman–Crippen LogP) is 4.07. The molecule has 136 valence electrons. The first-order chi connectivity index (χ1) is 12.1. The van der Waals surface area contributed by atoms with E-state index < -0.39 is 0 Å². The third-order valence-corrected chi connectivity index (χ3v) is 7.04. The van der Waals surface area contributed by atoms with Crippen LogP contribution in [0.3, 0.4) is 0 Å². The predicted molar refractivity (Wildman–Crippen MR) is 103 cm³/mol. The number of rotatable bonds is 5. The quantitative estimate of drug-likeness (QED) is 0.810. The first kappa shape index (κ1) is 18.2. The van der Waals surface area contributed by atoms with Crippen molar-refractivity contribution in [3.63, 3.8) is 0 Å². The van der Waals surface area contributed by atoms with E-state index in [1.807, 2.05) is 12.1 Å². The zero-order valence-electron chi connectivity index (χ0n) is 16.0. The molecular weight excluding hydrogens is 308 g/mol. The summed E-state index contributed by atoms with van der Waals surface area (Å²) in [4.78, 5) is 9.51. The van der Waals surface area contributed by atoms with Crippen LogP contribution in [0.2, 0.25) is 0 Å². The number of nitriles is 1. The van der Waals surface area contributed by atoms with Gasteiger partial charge in [-0.3, -0.25) is 4.90 Å². The summed E-state index contributed by atoms with van der Waals surface area (Å²) in [5.74, 6) is 1.90. The van der Waals surface area contributed by atoms with E-state index in [9.17, 15) is 0 Å². The fourth-order valence-corrected chi connectivity index (χ4v) is 4.71. The highest BCUT2D eigenvalue weighted by Gasteiger charge is 2.39. The van der Waals surface area contributed by atoms with Crippen LogP contribution in [0.4, 0.5) is 5.82 Å². The molecule has 4 nitrogen and oxygen atoms in total. The number of hydrogen-bond acceptors (Lipinski definition) is 4. The van der Waals surface area contributed by atoms with E-state index in [1.54, 1.807) is 6.20 Å². The van der Waals surface area contributed by atoms with E-state index in [0.29, 0.717) is 11.0 Å². The highest BCUT2D eigenvalue weighted by Crippen LogP contribution is 2.45. The van der Waals surface area contributed by atoms with Crippen molar-refractivity contribution in [3.8, 4) is 6.07 Å². The Morgan fingerprint density at radius 1 is 1.16 bits per heavy atom. The molecule has 25 heavy (non-hydrogen) atoms. The van der Waals surface area contributed by atoms with Crippen LogP contribution in [-0.2, 0) is 0 Å². The number of nitrogens with zero attached hydrogens (tertiary/aromatic N) is 4. The lowest BCUT2D eigenvalue weighted by atomic mass is 9.72. The van der Waals surface area contributed by atoms with Gasteiger partial charge in [-0.15, -0.1) is 0 Å². The number of aromatic nitrogens is 1. The van der Waals surface area contributed by atoms with Gasteiger partial charge in [0.2, 0.25) is 0 Å². The zero-order chi connectivity index (χ0) is 17.9. The third kappa shape index (κ3) is 3.82. The van der Waals surface area contributed by atoms with E-state index in [2.05, 4.69) is 41.6 Å². The van der Waals surface area contributed by atoms with Crippen LogP contribution < -0.4 is 4.90 Å². The molecule has 0 bridgehead atoms. The highest BCUT2D eigenvalue weighted by atomic mass is 15.3. The van der Waals surface area contributed by atoms with Crippen LogP contribution in [0.5, 0.6) is 0 Å². The zero-order valence-corrected chi connectivity index (χ0v) is 16.0. The average Bonchev–Trinajstić information content (AvgIpc) is 3.18. The van der Waals surface area contributed by atoms with Gasteiger partial charge in [-0.25, -0.2) is 4.98 Å². The molecule has 0 aromatic carbocycles. The Hall–Kier alpha value is -1.60. The number of pyridine rings is 1. The average molecular weight is 341 g/mol. The van der Waals surface area contributed by atoms with Crippen molar-refractivity contribution in [2.75, 3.05) is 31.1 Å². The Morgan fingerprint density at radius 2 is 1.88 bits per heavy atom. The number of hydrogen-bond donors (Lipinski definition) is 0. The summed E-state index contributed by atoms with van der Waals surface area (Å²) >= 11 is 0. The van der Waals surface area contributed by atoms with Crippen molar-refractivity contribution in [2.45, 2.75) is 58.9 Å². The Balaban J connectivity index is 1.53. The van der Waals surface area contributed by atoms with Crippen LogP contribution in [0.15, 0.2) is 18.3 Å². The molecule has 1 aliphatic heterocycles. The molecule has 0 radical (unpaired) electrons. The summed E-state index contributed by atoms with van der Waals surface area (Å²) in [7, 11) is 0.